The first-order valence-corrected chi connectivity index (χ1v) is 11.5. The number of aryl methyl sites for hydroxylation is 1. The van der Waals surface area contributed by atoms with Gasteiger partial charge in [0.15, 0.2) is 5.65 Å². The first-order chi connectivity index (χ1) is 16.7. The second-order valence-corrected chi connectivity index (χ2v) is 9.40. The fourth-order valence-electron chi connectivity index (χ4n) is 4.48. The smallest absolute Gasteiger partial charge is 0.266 e. The molecule has 5 rings (SSSR count). The number of anilines is 1. The molecule has 182 valence electrons. The summed E-state index contributed by atoms with van der Waals surface area (Å²) in [6.45, 7) is 4.93. The highest BCUT2D eigenvalue weighted by molar-refractivity contribution is 5.88. The third kappa shape index (κ3) is 4.25. The predicted molar refractivity (Wildman–Crippen MR) is 124 cm³/mol. The van der Waals surface area contributed by atoms with Gasteiger partial charge in [0.1, 0.15) is 23.6 Å². The zero-order valence-electron chi connectivity index (χ0n) is 19.6. The number of aromatic nitrogens is 3. The maximum absolute atomic E-state index is 14.8. The van der Waals surface area contributed by atoms with E-state index in [0.717, 1.165) is 19.2 Å². The van der Waals surface area contributed by atoms with Crippen LogP contribution in [0.4, 0.5) is 19.0 Å². The van der Waals surface area contributed by atoms with Crippen molar-refractivity contribution in [3.8, 4) is 11.9 Å². The van der Waals surface area contributed by atoms with Crippen molar-refractivity contribution in [2.24, 2.45) is 0 Å². The zero-order chi connectivity index (χ0) is 24.9. The molecule has 35 heavy (non-hydrogen) atoms. The Morgan fingerprint density at radius 1 is 1.20 bits per heavy atom. The van der Waals surface area contributed by atoms with Gasteiger partial charge in [-0.25, -0.2) is 23.1 Å². The van der Waals surface area contributed by atoms with E-state index in [0.29, 0.717) is 47.0 Å². The zero-order valence-corrected chi connectivity index (χ0v) is 19.6. The van der Waals surface area contributed by atoms with E-state index < -0.39 is 29.3 Å². The number of pyridine rings is 1. The summed E-state index contributed by atoms with van der Waals surface area (Å²) in [7, 11) is 2.00. The molecule has 1 saturated heterocycles. The van der Waals surface area contributed by atoms with Gasteiger partial charge in [0, 0.05) is 24.2 Å². The minimum atomic E-state index is -2.91. The quantitative estimate of drug-likeness (QED) is 0.516. The van der Waals surface area contributed by atoms with Gasteiger partial charge < -0.3 is 10.1 Å². The van der Waals surface area contributed by atoms with Crippen molar-refractivity contribution in [3.63, 3.8) is 0 Å². The summed E-state index contributed by atoms with van der Waals surface area (Å²) in [4.78, 5) is 15.7. The molecular weight excluding hydrogens is 457 g/mol. The summed E-state index contributed by atoms with van der Waals surface area (Å²) < 4.78 is 47.3. The molecule has 3 heterocycles. The fraction of sp³-hybridized carbons (Fsp3) is 0.440. The average molecular weight is 483 g/mol. The second-order valence-electron chi connectivity index (χ2n) is 9.40. The van der Waals surface area contributed by atoms with Gasteiger partial charge in [0.25, 0.3) is 6.43 Å². The highest BCUT2D eigenvalue weighted by Crippen LogP contribution is 2.51. The molecule has 7 nitrogen and oxygen atoms in total. The molecule has 1 N–H and O–H groups in total. The molecule has 0 amide bonds. The monoisotopic (exact) mass is 482 g/mol. The van der Waals surface area contributed by atoms with Crippen molar-refractivity contribution in [2.45, 2.75) is 50.7 Å². The van der Waals surface area contributed by atoms with Gasteiger partial charge >= 0.3 is 0 Å². The van der Waals surface area contributed by atoms with Gasteiger partial charge in [0.05, 0.1) is 28.5 Å². The van der Waals surface area contributed by atoms with Crippen LogP contribution in [0.5, 0.6) is 5.88 Å². The molecule has 2 aromatic heterocycles. The van der Waals surface area contributed by atoms with E-state index in [-0.39, 0.29) is 11.7 Å². The number of nitrogens with one attached hydrogen (secondary N) is 1. The van der Waals surface area contributed by atoms with Gasteiger partial charge in [0.2, 0.25) is 5.88 Å². The van der Waals surface area contributed by atoms with Crippen LogP contribution in [-0.2, 0) is 5.41 Å². The van der Waals surface area contributed by atoms with E-state index in [9.17, 15) is 18.4 Å². The number of nitriles is 1. The minimum Gasteiger partial charge on any atom is -0.471 e. The number of rotatable bonds is 7. The van der Waals surface area contributed by atoms with Gasteiger partial charge in [-0.05, 0) is 39.8 Å². The minimum absolute atomic E-state index is 0.0103. The maximum Gasteiger partial charge on any atom is 0.266 e. The predicted octanol–water partition coefficient (Wildman–Crippen LogP) is 4.83. The van der Waals surface area contributed by atoms with Crippen molar-refractivity contribution >= 4 is 16.9 Å². The molecular formula is C25H25F3N6O. The van der Waals surface area contributed by atoms with Crippen molar-refractivity contribution in [3.05, 3.63) is 52.6 Å². The van der Waals surface area contributed by atoms with Crippen LogP contribution in [-0.4, -0.2) is 46.1 Å². The number of fused-ring (bicyclic) bond motifs is 1. The molecule has 0 spiro atoms. The first-order valence-electron chi connectivity index (χ1n) is 11.5. The highest BCUT2D eigenvalue weighted by Gasteiger charge is 2.48. The van der Waals surface area contributed by atoms with E-state index in [1.54, 1.807) is 13.8 Å². The third-order valence-electron chi connectivity index (χ3n) is 6.67. The molecule has 10 heteroatoms. The standard InChI is InChI=1S/C25H25F3N6O/c1-13(16-5-4-6-17(20(16)26)21(27)28)30-22-18-9-19(25(12-29)7-8-25)24(35-15-10-34(3)11-15)33-23(18)32-14(2)31-22/h4-6,9,13,15,21H,7-8,10-11H2,1-3H3,(H,30,31,32,33)/t13-/m1/s1. The van der Waals surface area contributed by atoms with Crippen LogP contribution in [0.25, 0.3) is 11.0 Å². The third-order valence-corrected chi connectivity index (χ3v) is 6.67. The lowest BCUT2D eigenvalue weighted by molar-refractivity contribution is 0.0348. The summed E-state index contributed by atoms with van der Waals surface area (Å²) in [6, 6.07) is 7.52. The largest absolute Gasteiger partial charge is 0.471 e. The highest BCUT2D eigenvalue weighted by atomic mass is 19.3. The number of hydrogen-bond donors (Lipinski definition) is 1. The number of hydrogen-bond acceptors (Lipinski definition) is 7. The Balaban J connectivity index is 1.56. The average Bonchev–Trinajstić information content (AvgIpc) is 3.58. The van der Waals surface area contributed by atoms with Crippen molar-refractivity contribution in [2.75, 3.05) is 25.5 Å². The van der Waals surface area contributed by atoms with Gasteiger partial charge in [-0.1, -0.05) is 18.2 Å². The Morgan fingerprint density at radius 2 is 1.91 bits per heavy atom. The van der Waals surface area contributed by atoms with Crippen LogP contribution in [0, 0.1) is 24.1 Å². The first kappa shape index (κ1) is 23.3. The molecule has 1 aliphatic carbocycles. The van der Waals surface area contributed by atoms with Crippen LogP contribution in [0.2, 0.25) is 0 Å². The molecule has 0 bridgehead atoms. The lowest BCUT2D eigenvalue weighted by Gasteiger charge is -2.36. The normalized spacial score (nSPS) is 18.2. The van der Waals surface area contributed by atoms with Crippen molar-refractivity contribution in [1.29, 1.82) is 5.26 Å². The molecule has 2 aliphatic rings. The number of likely N-dealkylation sites (tertiary alicyclic amines) is 1. The summed E-state index contributed by atoms with van der Waals surface area (Å²) in [5.74, 6) is 0.283. The van der Waals surface area contributed by atoms with Gasteiger partial charge in [-0.15, -0.1) is 0 Å². The summed E-state index contributed by atoms with van der Waals surface area (Å²) in [6.07, 6.45) is -1.51. The van der Waals surface area contributed by atoms with Crippen LogP contribution in [0.1, 0.15) is 54.7 Å². The van der Waals surface area contributed by atoms with Crippen LogP contribution in [0.3, 0.4) is 0 Å². The number of alkyl halides is 2. The molecule has 1 aliphatic heterocycles. The molecule has 2 fully saturated rings. The summed E-state index contributed by atoms with van der Waals surface area (Å²) in [5, 5.41) is 13.6. The molecule has 3 aromatic rings. The lowest BCUT2D eigenvalue weighted by Crippen LogP contribution is -2.51. The fourth-order valence-corrected chi connectivity index (χ4v) is 4.48. The van der Waals surface area contributed by atoms with Crippen LogP contribution < -0.4 is 10.1 Å². The summed E-state index contributed by atoms with van der Waals surface area (Å²) >= 11 is 0. The van der Waals surface area contributed by atoms with Gasteiger partial charge in [-0.2, -0.15) is 10.2 Å². The van der Waals surface area contributed by atoms with E-state index in [2.05, 4.69) is 31.2 Å². The Hall–Kier alpha value is -3.45. The van der Waals surface area contributed by atoms with Gasteiger partial charge in [-0.3, -0.25) is 4.90 Å². The summed E-state index contributed by atoms with van der Waals surface area (Å²) in [5.41, 5.74) is -0.134. The SMILES string of the molecule is Cc1nc(N[C@H](C)c2cccc(C(F)F)c2F)c2cc(C3(C#N)CC3)c(OC3CN(C)C3)nc2n1. The Bertz CT molecular complexity index is 1330. The molecule has 1 atom stereocenters. The number of halogens is 3. The lowest BCUT2D eigenvalue weighted by atomic mass is 9.97. The molecule has 0 unspecified atom stereocenters. The molecule has 0 radical (unpaired) electrons. The Kier molecular flexibility index (Phi) is 5.75. The van der Waals surface area contributed by atoms with Crippen molar-refractivity contribution in [1.82, 2.24) is 19.9 Å². The van der Waals surface area contributed by atoms with Crippen LogP contribution >= 0.6 is 0 Å². The number of likely N-dealkylation sites (N-methyl/N-ethyl adjacent to an activating group) is 1. The van der Waals surface area contributed by atoms with E-state index in [4.69, 9.17) is 4.74 Å². The number of benzene rings is 1. The van der Waals surface area contributed by atoms with Crippen LogP contribution in [0.15, 0.2) is 24.3 Å². The van der Waals surface area contributed by atoms with E-state index in [1.807, 2.05) is 13.1 Å². The number of ether oxygens (including phenoxy) is 1. The topological polar surface area (TPSA) is 87.0 Å². The second kappa shape index (κ2) is 8.64. The van der Waals surface area contributed by atoms with Crippen molar-refractivity contribution < 1.29 is 17.9 Å². The molecule has 1 saturated carbocycles. The van der Waals surface area contributed by atoms with E-state index >= 15 is 0 Å². The van der Waals surface area contributed by atoms with E-state index in [1.165, 1.54) is 12.1 Å². The number of nitrogens with zero attached hydrogens (tertiary/aromatic N) is 5. The Morgan fingerprint density at radius 3 is 2.54 bits per heavy atom. The maximum atomic E-state index is 14.8. The Labute approximate surface area is 201 Å². The molecule has 1 aromatic carbocycles.